The van der Waals surface area contributed by atoms with Gasteiger partial charge in [0.2, 0.25) is 5.91 Å². The maximum Gasteiger partial charge on any atom is 0.408 e. The van der Waals surface area contributed by atoms with Gasteiger partial charge in [-0.3, -0.25) is 9.69 Å². The third-order valence-electron chi connectivity index (χ3n) is 8.26. The zero-order chi connectivity index (χ0) is 28.3. The summed E-state index contributed by atoms with van der Waals surface area (Å²) in [5.74, 6) is -1.11. The number of carboxylic acids is 1. The SMILES string of the molecule is O=C(NC(Cc1ccc(N2CCN(C3CCOC3)CC2=O)cc1)C(=O)O)OCc1cccc2c1Cc1ccccc1-2. The molecule has 2 amide bonds. The average Bonchev–Trinajstić information content (AvgIpc) is 3.65. The fourth-order valence-corrected chi connectivity index (χ4v) is 6.02. The van der Waals surface area contributed by atoms with E-state index >= 15 is 0 Å². The van der Waals surface area contributed by atoms with E-state index in [1.807, 2.05) is 36.4 Å². The number of nitrogens with one attached hydrogen (secondary N) is 1. The van der Waals surface area contributed by atoms with Gasteiger partial charge in [0.1, 0.15) is 12.6 Å². The van der Waals surface area contributed by atoms with Gasteiger partial charge in [-0.2, -0.15) is 0 Å². The number of anilines is 1. The molecule has 0 radical (unpaired) electrons. The van der Waals surface area contributed by atoms with E-state index in [4.69, 9.17) is 9.47 Å². The molecule has 2 aliphatic heterocycles. The summed E-state index contributed by atoms with van der Waals surface area (Å²) in [6, 6.07) is 20.6. The van der Waals surface area contributed by atoms with Crippen LogP contribution in [0.15, 0.2) is 66.7 Å². The number of carbonyl (C=O) groups is 3. The second-order valence-electron chi connectivity index (χ2n) is 10.8. The summed E-state index contributed by atoms with van der Waals surface area (Å²) in [6.07, 6.45) is 1.04. The molecule has 2 fully saturated rings. The Morgan fingerprint density at radius 3 is 2.59 bits per heavy atom. The molecule has 212 valence electrons. The molecule has 2 N–H and O–H groups in total. The van der Waals surface area contributed by atoms with Crippen molar-refractivity contribution >= 4 is 23.7 Å². The first kappa shape index (κ1) is 27.0. The van der Waals surface area contributed by atoms with E-state index in [9.17, 15) is 19.5 Å². The lowest BCUT2D eigenvalue weighted by Gasteiger charge is -2.37. The van der Waals surface area contributed by atoms with Crippen LogP contribution in [0, 0.1) is 0 Å². The number of carboxylic acid groups (broad SMARTS) is 1. The molecule has 9 nitrogen and oxygen atoms in total. The normalized spacial score (nSPS) is 19.0. The number of aliphatic carboxylic acids is 1. The lowest BCUT2D eigenvalue weighted by molar-refractivity contribution is -0.139. The highest BCUT2D eigenvalue weighted by Crippen LogP contribution is 2.38. The molecule has 1 aliphatic carbocycles. The molecular formula is C32H33N3O6. The summed E-state index contributed by atoms with van der Waals surface area (Å²) >= 11 is 0. The summed E-state index contributed by atoms with van der Waals surface area (Å²) in [7, 11) is 0. The van der Waals surface area contributed by atoms with E-state index in [-0.39, 0.29) is 18.9 Å². The standard InChI is InChI=1S/C32H33N3O6/c36-30-18-34(25-12-15-40-20-25)13-14-35(30)24-10-8-21(9-11-24)16-29(31(37)38)33-32(39)41-19-23-5-3-7-27-26-6-2-1-4-22(26)17-28(23)27/h1-11,25,29H,12-20H2,(H,33,39)(H,37,38). The highest BCUT2D eigenvalue weighted by molar-refractivity contribution is 5.95. The molecule has 0 aromatic heterocycles. The van der Waals surface area contributed by atoms with Gasteiger partial charge in [-0.05, 0) is 58.4 Å². The number of fused-ring (bicyclic) bond motifs is 3. The van der Waals surface area contributed by atoms with Crippen molar-refractivity contribution in [2.24, 2.45) is 0 Å². The third-order valence-corrected chi connectivity index (χ3v) is 8.26. The van der Waals surface area contributed by atoms with Crippen molar-refractivity contribution in [3.05, 3.63) is 89.0 Å². The highest BCUT2D eigenvalue weighted by Gasteiger charge is 2.31. The monoisotopic (exact) mass is 555 g/mol. The molecule has 6 rings (SSSR count). The fourth-order valence-electron chi connectivity index (χ4n) is 6.02. The van der Waals surface area contributed by atoms with Crippen molar-refractivity contribution in [3.63, 3.8) is 0 Å². The Balaban J connectivity index is 1.03. The summed E-state index contributed by atoms with van der Waals surface area (Å²) in [4.78, 5) is 41.3. The van der Waals surface area contributed by atoms with Crippen molar-refractivity contribution < 1.29 is 29.0 Å². The van der Waals surface area contributed by atoms with Crippen LogP contribution in [-0.4, -0.2) is 72.9 Å². The van der Waals surface area contributed by atoms with Crippen LogP contribution in [-0.2, 0) is 38.5 Å². The summed E-state index contributed by atoms with van der Waals surface area (Å²) in [5.41, 5.74) is 7.11. The number of benzene rings is 3. The number of alkyl carbamates (subject to hydrolysis) is 1. The maximum absolute atomic E-state index is 12.8. The lowest BCUT2D eigenvalue weighted by Crippen LogP contribution is -2.53. The smallest absolute Gasteiger partial charge is 0.408 e. The minimum absolute atomic E-state index is 0.0386. The van der Waals surface area contributed by atoms with Crippen LogP contribution in [0.1, 0.15) is 28.7 Å². The van der Waals surface area contributed by atoms with Crippen LogP contribution >= 0.6 is 0 Å². The van der Waals surface area contributed by atoms with Crippen LogP contribution in [0.4, 0.5) is 10.5 Å². The predicted molar refractivity (Wildman–Crippen MR) is 153 cm³/mol. The minimum atomic E-state index is -1.15. The number of hydrogen-bond acceptors (Lipinski definition) is 6. The van der Waals surface area contributed by atoms with Crippen LogP contribution < -0.4 is 10.2 Å². The Bertz CT molecular complexity index is 1450. The van der Waals surface area contributed by atoms with Gasteiger partial charge in [0.25, 0.3) is 0 Å². The fraction of sp³-hybridized carbons (Fsp3) is 0.344. The Kier molecular flexibility index (Phi) is 7.71. The van der Waals surface area contributed by atoms with Crippen LogP contribution in [0.3, 0.4) is 0 Å². The Labute approximate surface area is 238 Å². The van der Waals surface area contributed by atoms with Gasteiger partial charge in [0.05, 0.1) is 13.2 Å². The molecule has 0 spiro atoms. The topological polar surface area (TPSA) is 108 Å². The van der Waals surface area contributed by atoms with Gasteiger partial charge in [-0.15, -0.1) is 0 Å². The molecule has 3 aliphatic rings. The quantitative estimate of drug-likeness (QED) is 0.342. The number of rotatable bonds is 8. The van der Waals surface area contributed by atoms with Crippen molar-refractivity contribution in [1.29, 1.82) is 0 Å². The number of nitrogens with zero attached hydrogens (tertiary/aromatic N) is 2. The third kappa shape index (κ3) is 5.82. The van der Waals surface area contributed by atoms with Gasteiger partial charge in [0, 0.05) is 37.8 Å². The molecule has 9 heteroatoms. The molecule has 2 saturated heterocycles. The lowest BCUT2D eigenvalue weighted by atomic mass is 10.0. The van der Waals surface area contributed by atoms with Gasteiger partial charge in [-0.1, -0.05) is 54.6 Å². The van der Waals surface area contributed by atoms with E-state index < -0.39 is 18.1 Å². The first-order valence-electron chi connectivity index (χ1n) is 14.0. The van der Waals surface area contributed by atoms with Crippen molar-refractivity contribution in [3.8, 4) is 11.1 Å². The average molecular weight is 556 g/mol. The maximum atomic E-state index is 12.8. The summed E-state index contributed by atoms with van der Waals surface area (Å²) in [6.45, 7) is 3.22. The first-order chi connectivity index (χ1) is 20.0. The Morgan fingerprint density at radius 1 is 1.02 bits per heavy atom. The first-order valence-corrected chi connectivity index (χ1v) is 14.0. The van der Waals surface area contributed by atoms with Gasteiger partial charge >= 0.3 is 12.1 Å². The summed E-state index contributed by atoms with van der Waals surface area (Å²) in [5, 5.41) is 12.3. The largest absolute Gasteiger partial charge is 0.480 e. The van der Waals surface area contributed by atoms with Gasteiger partial charge < -0.3 is 24.8 Å². The molecule has 3 aromatic rings. The van der Waals surface area contributed by atoms with Gasteiger partial charge in [0.15, 0.2) is 0 Å². The number of ether oxygens (including phenoxy) is 2. The van der Waals surface area contributed by atoms with E-state index in [2.05, 4.69) is 28.4 Å². The predicted octanol–water partition coefficient (Wildman–Crippen LogP) is 3.62. The minimum Gasteiger partial charge on any atom is -0.480 e. The second-order valence-corrected chi connectivity index (χ2v) is 10.8. The number of piperazine rings is 1. The number of carbonyl (C=O) groups excluding carboxylic acids is 2. The second kappa shape index (κ2) is 11.7. The van der Waals surface area contributed by atoms with Crippen molar-refractivity contribution in [1.82, 2.24) is 10.2 Å². The number of hydrogen-bond donors (Lipinski definition) is 2. The molecular weight excluding hydrogens is 522 g/mol. The molecule has 2 atom stereocenters. The van der Waals surface area contributed by atoms with Gasteiger partial charge in [-0.25, -0.2) is 9.59 Å². The van der Waals surface area contributed by atoms with Crippen molar-refractivity contribution in [2.45, 2.75) is 38.0 Å². The number of amides is 2. The van der Waals surface area contributed by atoms with Crippen molar-refractivity contribution in [2.75, 3.05) is 37.7 Å². The van der Waals surface area contributed by atoms with Crippen LogP contribution in [0.5, 0.6) is 0 Å². The molecule has 41 heavy (non-hydrogen) atoms. The molecule has 0 bridgehead atoms. The highest BCUT2D eigenvalue weighted by atomic mass is 16.5. The van der Waals surface area contributed by atoms with Crippen LogP contribution in [0.25, 0.3) is 11.1 Å². The molecule has 3 aromatic carbocycles. The molecule has 0 saturated carbocycles. The van der Waals surface area contributed by atoms with Crippen LogP contribution in [0.2, 0.25) is 0 Å². The van der Waals surface area contributed by atoms with E-state index in [0.29, 0.717) is 25.7 Å². The Morgan fingerprint density at radius 2 is 1.83 bits per heavy atom. The summed E-state index contributed by atoms with van der Waals surface area (Å²) < 4.78 is 10.9. The Hall–Kier alpha value is -4.21. The molecule has 2 unspecified atom stereocenters. The van der Waals surface area contributed by atoms with E-state index in [1.165, 1.54) is 11.1 Å². The molecule has 2 heterocycles. The van der Waals surface area contributed by atoms with E-state index in [1.54, 1.807) is 17.0 Å². The van der Waals surface area contributed by atoms with E-state index in [0.717, 1.165) is 53.9 Å². The zero-order valence-electron chi connectivity index (χ0n) is 22.8. The zero-order valence-corrected chi connectivity index (χ0v) is 22.8.